The molecule has 6 rings (SSSR count). The summed E-state index contributed by atoms with van der Waals surface area (Å²) in [4.78, 5) is 17.6. The van der Waals surface area contributed by atoms with E-state index < -0.39 is 6.04 Å². The van der Waals surface area contributed by atoms with E-state index in [1.807, 2.05) is 36.4 Å². The largest absolute Gasteiger partial charge is 0.618 e. The Morgan fingerprint density at radius 2 is 1.93 bits per heavy atom. The highest BCUT2D eigenvalue weighted by molar-refractivity contribution is 6.31. The first-order valence-corrected chi connectivity index (χ1v) is 12.9. The van der Waals surface area contributed by atoms with Crippen LogP contribution in [0, 0.1) is 5.21 Å². The number of aromatic nitrogens is 5. The summed E-state index contributed by atoms with van der Waals surface area (Å²) in [7, 11) is 0. The predicted octanol–water partition coefficient (Wildman–Crippen LogP) is 3.55. The fourth-order valence-electron chi connectivity index (χ4n) is 4.82. The number of aliphatic imine (C=N–C) groups is 1. The van der Waals surface area contributed by atoms with E-state index in [-0.39, 0.29) is 5.91 Å². The molecule has 0 aliphatic carbocycles. The zero-order valence-corrected chi connectivity index (χ0v) is 21.9. The molecule has 10 nitrogen and oxygen atoms in total. The Bertz CT molecular complexity index is 1740. The SMILES string of the molecule is NC1=NCc2cc(C(=O)N[C@@H](Cc3ccccc3)c3ccc(-c4cc(Cl)ccc4-n4cnnn4)c[n+]3[O-])ccc21. The summed E-state index contributed by atoms with van der Waals surface area (Å²) in [6, 6.07) is 23.2. The number of carbonyl (C=O) groups excluding carboxylic acids is 1. The van der Waals surface area contributed by atoms with Crippen molar-refractivity contribution in [2.45, 2.75) is 19.0 Å². The lowest BCUT2D eigenvalue weighted by Crippen LogP contribution is -2.40. The zero-order chi connectivity index (χ0) is 27.6. The highest BCUT2D eigenvalue weighted by Gasteiger charge is 2.25. The Labute approximate surface area is 234 Å². The molecule has 5 aromatic rings. The van der Waals surface area contributed by atoms with Gasteiger partial charge < -0.3 is 16.3 Å². The van der Waals surface area contributed by atoms with Gasteiger partial charge in [-0.2, -0.15) is 9.41 Å². The first kappa shape index (κ1) is 25.2. The van der Waals surface area contributed by atoms with E-state index in [1.165, 1.54) is 17.2 Å². The van der Waals surface area contributed by atoms with Gasteiger partial charge in [-0.3, -0.25) is 9.79 Å². The van der Waals surface area contributed by atoms with E-state index in [4.69, 9.17) is 17.3 Å². The highest BCUT2D eigenvalue weighted by atomic mass is 35.5. The number of halogens is 1. The summed E-state index contributed by atoms with van der Waals surface area (Å²) in [6.07, 6.45) is 3.36. The second kappa shape index (κ2) is 10.6. The fraction of sp³-hybridized carbons (Fsp3) is 0.103. The van der Waals surface area contributed by atoms with Gasteiger partial charge in [-0.1, -0.05) is 48.0 Å². The second-order valence-corrected chi connectivity index (χ2v) is 9.81. The molecule has 2 aromatic heterocycles. The number of nitrogens with two attached hydrogens (primary N) is 1. The summed E-state index contributed by atoms with van der Waals surface area (Å²) < 4.78 is 2.28. The first-order chi connectivity index (χ1) is 19.5. The molecule has 0 unspecified atom stereocenters. The monoisotopic (exact) mass is 550 g/mol. The Morgan fingerprint density at radius 3 is 2.70 bits per heavy atom. The summed E-state index contributed by atoms with van der Waals surface area (Å²) in [5.41, 5.74) is 11.5. The Kier molecular flexibility index (Phi) is 6.67. The zero-order valence-electron chi connectivity index (χ0n) is 21.1. The summed E-state index contributed by atoms with van der Waals surface area (Å²) in [6.45, 7) is 0.438. The molecule has 3 heterocycles. The topological polar surface area (TPSA) is 138 Å². The number of rotatable bonds is 7. The van der Waals surface area contributed by atoms with Gasteiger partial charge in [-0.15, -0.1) is 5.10 Å². The lowest BCUT2D eigenvalue weighted by molar-refractivity contribution is -0.615. The van der Waals surface area contributed by atoms with Crippen LogP contribution in [0.4, 0.5) is 0 Å². The number of amides is 1. The Morgan fingerprint density at radius 1 is 1.07 bits per heavy atom. The molecular formula is C29H23ClN8O2. The van der Waals surface area contributed by atoms with E-state index >= 15 is 0 Å². The molecule has 1 amide bonds. The van der Waals surface area contributed by atoms with Crippen molar-refractivity contribution in [2.24, 2.45) is 10.7 Å². The molecule has 1 aliphatic rings. The lowest BCUT2D eigenvalue weighted by atomic mass is 9.99. The van der Waals surface area contributed by atoms with Gasteiger partial charge >= 0.3 is 0 Å². The van der Waals surface area contributed by atoms with Gasteiger partial charge in [-0.05, 0) is 58.0 Å². The average molecular weight is 551 g/mol. The van der Waals surface area contributed by atoms with Gasteiger partial charge in [0.25, 0.3) is 5.91 Å². The molecule has 3 aromatic carbocycles. The van der Waals surface area contributed by atoms with Crippen molar-refractivity contribution < 1.29 is 9.52 Å². The van der Waals surface area contributed by atoms with Crippen LogP contribution in [-0.4, -0.2) is 32.0 Å². The third-order valence-corrected chi connectivity index (χ3v) is 7.05. The number of nitrogens with one attached hydrogen (secondary N) is 1. The molecule has 198 valence electrons. The van der Waals surface area contributed by atoms with Crippen molar-refractivity contribution in [3.8, 4) is 16.8 Å². The quantitative estimate of drug-likeness (QED) is 0.235. The number of amidine groups is 1. The van der Waals surface area contributed by atoms with Gasteiger partial charge in [-0.25, -0.2) is 0 Å². The van der Waals surface area contributed by atoms with E-state index in [0.717, 1.165) is 21.4 Å². The minimum atomic E-state index is -0.602. The standard InChI is InChI=1S/C29H23ClN8O2/c30-22-8-11-26(37-17-33-35-36-37)24(14-22)20-7-10-27(38(40)16-20)25(12-18-4-2-1-3-5-18)34-29(39)19-6-9-23-21(13-19)15-32-28(23)31/h1-11,13-14,16-17,25H,12,15H2,(H2,31,32)(H,34,39)/t25-/m0/s1. The number of hydrogen-bond donors (Lipinski definition) is 2. The van der Waals surface area contributed by atoms with E-state index in [1.54, 1.807) is 42.5 Å². The number of carbonyl (C=O) groups is 1. The second-order valence-electron chi connectivity index (χ2n) is 9.37. The molecule has 3 N–H and O–H groups in total. The van der Waals surface area contributed by atoms with Crippen molar-refractivity contribution in [3.05, 3.63) is 130 Å². The molecule has 0 bridgehead atoms. The van der Waals surface area contributed by atoms with Gasteiger partial charge in [0.1, 0.15) is 18.2 Å². The lowest BCUT2D eigenvalue weighted by Gasteiger charge is -2.19. The third-order valence-electron chi connectivity index (χ3n) is 6.82. The minimum absolute atomic E-state index is 0.297. The molecule has 0 radical (unpaired) electrons. The van der Waals surface area contributed by atoms with Crippen LogP contribution >= 0.6 is 11.6 Å². The smallest absolute Gasteiger partial charge is 0.251 e. The maximum Gasteiger partial charge on any atom is 0.251 e. The van der Waals surface area contributed by atoms with Crippen molar-refractivity contribution in [1.29, 1.82) is 0 Å². The minimum Gasteiger partial charge on any atom is -0.618 e. The molecule has 0 saturated carbocycles. The molecular weight excluding hydrogens is 528 g/mol. The molecule has 0 saturated heterocycles. The van der Waals surface area contributed by atoms with Crippen LogP contribution in [0.25, 0.3) is 16.8 Å². The van der Waals surface area contributed by atoms with Crippen molar-refractivity contribution in [3.63, 3.8) is 0 Å². The van der Waals surface area contributed by atoms with Crippen LogP contribution in [0.15, 0.2) is 96.4 Å². The van der Waals surface area contributed by atoms with E-state index in [2.05, 4.69) is 25.8 Å². The van der Waals surface area contributed by atoms with Gasteiger partial charge in [0, 0.05) is 39.8 Å². The van der Waals surface area contributed by atoms with Crippen LogP contribution in [0.3, 0.4) is 0 Å². The molecule has 11 heteroatoms. The highest BCUT2D eigenvalue weighted by Crippen LogP contribution is 2.29. The van der Waals surface area contributed by atoms with E-state index in [0.29, 0.717) is 51.9 Å². The van der Waals surface area contributed by atoms with Gasteiger partial charge in [0.05, 0.1) is 12.2 Å². The molecule has 1 atom stereocenters. The summed E-state index contributed by atoms with van der Waals surface area (Å²) >= 11 is 6.29. The molecule has 0 spiro atoms. The Hall–Kier alpha value is -5.09. The van der Waals surface area contributed by atoms with Crippen LogP contribution in [-0.2, 0) is 13.0 Å². The van der Waals surface area contributed by atoms with Crippen molar-refractivity contribution >= 4 is 23.3 Å². The summed E-state index contributed by atoms with van der Waals surface area (Å²) in [5.74, 6) is 0.174. The van der Waals surface area contributed by atoms with Crippen LogP contribution in [0.2, 0.25) is 5.02 Å². The molecule has 0 fully saturated rings. The maximum atomic E-state index is 13.5. The number of hydrogen-bond acceptors (Lipinski definition) is 7. The average Bonchev–Trinajstić information content (AvgIpc) is 3.63. The van der Waals surface area contributed by atoms with Gasteiger partial charge in [0.15, 0.2) is 6.20 Å². The number of nitrogens with zero attached hydrogens (tertiary/aromatic N) is 6. The normalized spacial score (nSPS) is 13.0. The number of pyridine rings is 1. The van der Waals surface area contributed by atoms with Crippen LogP contribution in [0.1, 0.15) is 38.8 Å². The molecule has 1 aliphatic heterocycles. The maximum absolute atomic E-state index is 13.5. The number of benzene rings is 3. The van der Waals surface area contributed by atoms with Gasteiger partial charge in [0.2, 0.25) is 5.69 Å². The first-order valence-electron chi connectivity index (χ1n) is 12.5. The van der Waals surface area contributed by atoms with Crippen LogP contribution < -0.4 is 15.8 Å². The predicted molar refractivity (Wildman–Crippen MR) is 150 cm³/mol. The Balaban J connectivity index is 1.34. The fourth-order valence-corrected chi connectivity index (χ4v) is 5.00. The van der Waals surface area contributed by atoms with Crippen LogP contribution in [0.5, 0.6) is 0 Å². The van der Waals surface area contributed by atoms with Crippen molar-refractivity contribution in [1.82, 2.24) is 25.5 Å². The van der Waals surface area contributed by atoms with Crippen molar-refractivity contribution in [2.75, 3.05) is 0 Å². The summed E-state index contributed by atoms with van der Waals surface area (Å²) in [5, 5.41) is 28.4. The number of tetrazole rings is 1. The van der Waals surface area contributed by atoms with E-state index in [9.17, 15) is 10.0 Å². The third kappa shape index (κ3) is 4.99. The number of fused-ring (bicyclic) bond motifs is 1. The molecule has 40 heavy (non-hydrogen) atoms.